The highest BCUT2D eigenvalue weighted by molar-refractivity contribution is 5.40. The van der Waals surface area contributed by atoms with E-state index in [-0.39, 0.29) is 24.1 Å². The summed E-state index contributed by atoms with van der Waals surface area (Å²) in [7, 11) is 1.44. The molecule has 0 saturated heterocycles. The maximum absolute atomic E-state index is 13.6. The van der Waals surface area contributed by atoms with Gasteiger partial charge in [-0.3, -0.25) is 0 Å². The quantitative estimate of drug-likeness (QED) is 0.830. The molecule has 1 N–H and O–H groups in total. The standard InChI is InChI=1S/C12H17FO2/c1-8(2)10-6-9(4-5-14)12(15-3)11(13)7-10/h6-8,14H,4-5H2,1-3H3. The molecule has 0 spiro atoms. The molecule has 3 heteroatoms. The van der Waals surface area contributed by atoms with Crippen LogP contribution in [-0.4, -0.2) is 18.8 Å². The first-order valence-corrected chi connectivity index (χ1v) is 5.07. The summed E-state index contributed by atoms with van der Waals surface area (Å²) in [6.07, 6.45) is 0.417. The zero-order chi connectivity index (χ0) is 11.4. The van der Waals surface area contributed by atoms with Gasteiger partial charge in [0, 0.05) is 6.61 Å². The maximum Gasteiger partial charge on any atom is 0.165 e. The molecule has 0 radical (unpaired) electrons. The van der Waals surface area contributed by atoms with Crippen molar-refractivity contribution < 1.29 is 14.2 Å². The molecule has 0 atom stereocenters. The molecular formula is C12H17FO2. The Labute approximate surface area is 89.7 Å². The Balaban J connectivity index is 3.19. The highest BCUT2D eigenvalue weighted by atomic mass is 19.1. The van der Waals surface area contributed by atoms with Crippen LogP contribution in [0.1, 0.15) is 30.9 Å². The largest absolute Gasteiger partial charge is 0.493 e. The van der Waals surface area contributed by atoms with E-state index in [0.29, 0.717) is 6.42 Å². The van der Waals surface area contributed by atoms with Crippen LogP contribution < -0.4 is 4.74 Å². The number of aliphatic hydroxyl groups is 1. The highest BCUT2D eigenvalue weighted by Crippen LogP contribution is 2.28. The molecule has 0 unspecified atom stereocenters. The molecular weight excluding hydrogens is 195 g/mol. The molecule has 0 aliphatic carbocycles. The molecule has 0 aromatic heterocycles. The van der Waals surface area contributed by atoms with Gasteiger partial charge < -0.3 is 9.84 Å². The van der Waals surface area contributed by atoms with E-state index in [1.165, 1.54) is 13.2 Å². The molecule has 0 saturated carbocycles. The summed E-state index contributed by atoms with van der Waals surface area (Å²) in [6, 6.07) is 3.38. The Morgan fingerprint density at radius 1 is 1.40 bits per heavy atom. The van der Waals surface area contributed by atoms with Crippen molar-refractivity contribution in [3.63, 3.8) is 0 Å². The lowest BCUT2D eigenvalue weighted by Crippen LogP contribution is -2.01. The van der Waals surface area contributed by atoms with E-state index in [1.54, 1.807) is 0 Å². The van der Waals surface area contributed by atoms with Crippen LogP contribution in [0.15, 0.2) is 12.1 Å². The predicted octanol–water partition coefficient (Wildman–Crippen LogP) is 2.49. The number of hydrogen-bond acceptors (Lipinski definition) is 2. The Kier molecular flexibility index (Phi) is 4.09. The Bertz CT molecular complexity index is 335. The third-order valence-corrected chi connectivity index (χ3v) is 2.39. The van der Waals surface area contributed by atoms with Gasteiger partial charge in [-0.25, -0.2) is 4.39 Å². The Hall–Kier alpha value is -1.09. The fourth-order valence-electron chi connectivity index (χ4n) is 1.54. The first-order chi connectivity index (χ1) is 7.10. The normalized spacial score (nSPS) is 10.8. The lowest BCUT2D eigenvalue weighted by Gasteiger charge is -2.13. The fourth-order valence-corrected chi connectivity index (χ4v) is 1.54. The zero-order valence-corrected chi connectivity index (χ0v) is 9.38. The zero-order valence-electron chi connectivity index (χ0n) is 9.38. The first kappa shape index (κ1) is 12.0. The minimum Gasteiger partial charge on any atom is -0.493 e. The van der Waals surface area contributed by atoms with Gasteiger partial charge in [-0.05, 0) is 29.5 Å². The van der Waals surface area contributed by atoms with Crippen LogP contribution in [0.25, 0.3) is 0 Å². The molecule has 1 aromatic rings. The minimum absolute atomic E-state index is 0.00263. The number of rotatable bonds is 4. The molecule has 0 fully saturated rings. The van der Waals surface area contributed by atoms with Crippen molar-refractivity contribution in [2.75, 3.05) is 13.7 Å². The van der Waals surface area contributed by atoms with Crippen molar-refractivity contribution in [1.82, 2.24) is 0 Å². The summed E-state index contributed by atoms with van der Waals surface area (Å²) in [5, 5.41) is 8.88. The number of aliphatic hydroxyl groups excluding tert-OH is 1. The van der Waals surface area contributed by atoms with Crippen LogP contribution in [-0.2, 0) is 6.42 Å². The summed E-state index contributed by atoms with van der Waals surface area (Å²) in [4.78, 5) is 0. The minimum atomic E-state index is -0.354. The molecule has 15 heavy (non-hydrogen) atoms. The van der Waals surface area contributed by atoms with Crippen molar-refractivity contribution in [3.05, 3.63) is 29.1 Å². The molecule has 0 amide bonds. The van der Waals surface area contributed by atoms with E-state index in [1.807, 2.05) is 19.9 Å². The van der Waals surface area contributed by atoms with Crippen LogP contribution in [0.5, 0.6) is 5.75 Å². The van der Waals surface area contributed by atoms with Crippen LogP contribution in [0, 0.1) is 5.82 Å². The van der Waals surface area contributed by atoms with Gasteiger partial charge in [0.15, 0.2) is 11.6 Å². The SMILES string of the molecule is COc1c(F)cc(C(C)C)cc1CCO. The third kappa shape index (κ3) is 2.69. The van der Waals surface area contributed by atoms with Gasteiger partial charge in [-0.1, -0.05) is 19.9 Å². The molecule has 1 rings (SSSR count). The lowest BCUT2D eigenvalue weighted by molar-refractivity contribution is 0.295. The van der Waals surface area contributed by atoms with Crippen molar-refractivity contribution in [2.45, 2.75) is 26.2 Å². The number of halogens is 1. The van der Waals surface area contributed by atoms with E-state index >= 15 is 0 Å². The number of benzene rings is 1. The molecule has 0 aliphatic heterocycles. The molecule has 0 aliphatic rings. The number of ether oxygens (including phenoxy) is 1. The van der Waals surface area contributed by atoms with Gasteiger partial charge in [-0.15, -0.1) is 0 Å². The van der Waals surface area contributed by atoms with Gasteiger partial charge in [-0.2, -0.15) is 0 Å². The van der Waals surface area contributed by atoms with E-state index in [0.717, 1.165) is 11.1 Å². The second-order valence-corrected chi connectivity index (χ2v) is 3.82. The van der Waals surface area contributed by atoms with Gasteiger partial charge in [0.05, 0.1) is 7.11 Å². The predicted molar refractivity (Wildman–Crippen MR) is 57.8 cm³/mol. The summed E-state index contributed by atoms with van der Waals surface area (Å²) in [6.45, 7) is 4.01. The average Bonchev–Trinajstić information content (AvgIpc) is 2.17. The lowest BCUT2D eigenvalue weighted by atomic mass is 9.98. The monoisotopic (exact) mass is 212 g/mol. The van der Waals surface area contributed by atoms with Crippen LogP contribution in [0.4, 0.5) is 4.39 Å². The van der Waals surface area contributed by atoms with Crippen LogP contribution >= 0.6 is 0 Å². The maximum atomic E-state index is 13.6. The molecule has 0 heterocycles. The summed E-state index contributed by atoms with van der Waals surface area (Å²) < 4.78 is 18.6. The third-order valence-electron chi connectivity index (χ3n) is 2.39. The van der Waals surface area contributed by atoms with Gasteiger partial charge in [0.2, 0.25) is 0 Å². The van der Waals surface area contributed by atoms with E-state index in [9.17, 15) is 4.39 Å². The van der Waals surface area contributed by atoms with Crippen molar-refractivity contribution >= 4 is 0 Å². The second-order valence-electron chi connectivity index (χ2n) is 3.82. The molecule has 1 aromatic carbocycles. The average molecular weight is 212 g/mol. The van der Waals surface area contributed by atoms with E-state index < -0.39 is 0 Å². The van der Waals surface area contributed by atoms with Crippen molar-refractivity contribution in [3.8, 4) is 5.75 Å². The van der Waals surface area contributed by atoms with Crippen LogP contribution in [0.2, 0.25) is 0 Å². The first-order valence-electron chi connectivity index (χ1n) is 5.07. The Morgan fingerprint density at radius 2 is 2.07 bits per heavy atom. The fraction of sp³-hybridized carbons (Fsp3) is 0.500. The van der Waals surface area contributed by atoms with E-state index in [2.05, 4.69) is 0 Å². The van der Waals surface area contributed by atoms with E-state index in [4.69, 9.17) is 9.84 Å². The smallest absolute Gasteiger partial charge is 0.165 e. The number of methoxy groups -OCH3 is 1. The molecule has 84 valence electrons. The molecule has 0 bridgehead atoms. The van der Waals surface area contributed by atoms with Crippen molar-refractivity contribution in [1.29, 1.82) is 0 Å². The topological polar surface area (TPSA) is 29.5 Å². The second kappa shape index (κ2) is 5.12. The van der Waals surface area contributed by atoms with Crippen LogP contribution in [0.3, 0.4) is 0 Å². The number of hydrogen-bond donors (Lipinski definition) is 1. The Morgan fingerprint density at radius 3 is 2.53 bits per heavy atom. The van der Waals surface area contributed by atoms with Crippen molar-refractivity contribution in [2.24, 2.45) is 0 Å². The summed E-state index contributed by atoms with van der Waals surface area (Å²) >= 11 is 0. The van der Waals surface area contributed by atoms with Gasteiger partial charge >= 0.3 is 0 Å². The van der Waals surface area contributed by atoms with Gasteiger partial charge in [0.25, 0.3) is 0 Å². The van der Waals surface area contributed by atoms with Gasteiger partial charge in [0.1, 0.15) is 0 Å². The summed E-state index contributed by atoms with van der Waals surface area (Å²) in [5.41, 5.74) is 1.65. The molecule has 2 nitrogen and oxygen atoms in total. The summed E-state index contributed by atoms with van der Waals surface area (Å²) in [5.74, 6) is 0.156. The highest BCUT2D eigenvalue weighted by Gasteiger charge is 2.12.